The summed E-state index contributed by atoms with van der Waals surface area (Å²) >= 11 is 0. The van der Waals surface area contributed by atoms with Crippen molar-refractivity contribution in [2.24, 2.45) is 0 Å². The predicted octanol–water partition coefficient (Wildman–Crippen LogP) is 1.49. The number of aliphatic hydroxyl groups excluding tert-OH is 1. The molecule has 0 spiro atoms. The zero-order valence-corrected chi connectivity index (χ0v) is 11.9. The average Bonchev–Trinajstić information content (AvgIpc) is 3.20. The molecule has 0 aliphatic carbocycles. The first kappa shape index (κ1) is 14.3. The van der Waals surface area contributed by atoms with Crippen molar-refractivity contribution in [1.82, 2.24) is 29.5 Å². The molecular weight excluding hydrogens is 287 g/mol. The number of nitrogens with zero attached hydrogens (tertiary/aromatic N) is 6. The summed E-state index contributed by atoms with van der Waals surface area (Å²) < 4.78 is 16.1. The van der Waals surface area contributed by atoms with Gasteiger partial charge in [-0.3, -0.25) is 4.98 Å². The maximum absolute atomic E-state index is 12.9. The van der Waals surface area contributed by atoms with Crippen molar-refractivity contribution in [3.05, 3.63) is 49.2 Å². The summed E-state index contributed by atoms with van der Waals surface area (Å²) in [6.07, 6.45) is 6.81. The number of aliphatic hydroxyl groups is 1. The van der Waals surface area contributed by atoms with E-state index < -0.39 is 18.1 Å². The SMILES string of the molecule is CCC(O)C(n1cncn1)n1cc(-c2ccc(F)cn2)cn1. The zero-order chi connectivity index (χ0) is 15.5. The molecule has 8 heteroatoms. The first-order chi connectivity index (χ1) is 10.7. The van der Waals surface area contributed by atoms with Crippen LogP contribution in [0.3, 0.4) is 0 Å². The molecule has 3 heterocycles. The van der Waals surface area contributed by atoms with Crippen molar-refractivity contribution in [3.63, 3.8) is 0 Å². The van der Waals surface area contributed by atoms with Crippen molar-refractivity contribution in [3.8, 4) is 11.3 Å². The molecule has 114 valence electrons. The number of hydrogen-bond acceptors (Lipinski definition) is 5. The van der Waals surface area contributed by atoms with Crippen molar-refractivity contribution in [1.29, 1.82) is 0 Å². The molecule has 0 amide bonds. The summed E-state index contributed by atoms with van der Waals surface area (Å²) in [5, 5.41) is 18.6. The highest BCUT2D eigenvalue weighted by Gasteiger charge is 2.23. The lowest BCUT2D eigenvalue weighted by Gasteiger charge is -2.22. The van der Waals surface area contributed by atoms with Gasteiger partial charge in [-0.1, -0.05) is 6.92 Å². The van der Waals surface area contributed by atoms with Gasteiger partial charge in [-0.15, -0.1) is 0 Å². The van der Waals surface area contributed by atoms with E-state index in [4.69, 9.17) is 0 Å². The predicted molar refractivity (Wildman–Crippen MR) is 76.2 cm³/mol. The lowest BCUT2D eigenvalue weighted by molar-refractivity contribution is 0.0792. The quantitative estimate of drug-likeness (QED) is 0.772. The van der Waals surface area contributed by atoms with E-state index in [-0.39, 0.29) is 0 Å². The molecule has 0 fully saturated rings. The van der Waals surface area contributed by atoms with Gasteiger partial charge in [0.2, 0.25) is 0 Å². The molecule has 1 N–H and O–H groups in total. The van der Waals surface area contributed by atoms with Crippen LogP contribution in [-0.2, 0) is 0 Å². The fourth-order valence-corrected chi connectivity index (χ4v) is 2.20. The molecule has 0 bridgehead atoms. The minimum Gasteiger partial charge on any atom is -0.389 e. The third-order valence-electron chi connectivity index (χ3n) is 3.37. The summed E-state index contributed by atoms with van der Waals surface area (Å²) in [5.74, 6) is -0.391. The van der Waals surface area contributed by atoms with Gasteiger partial charge in [0.15, 0.2) is 6.17 Å². The van der Waals surface area contributed by atoms with Crippen LogP contribution in [0, 0.1) is 5.82 Å². The zero-order valence-electron chi connectivity index (χ0n) is 11.9. The van der Waals surface area contributed by atoms with Crippen LogP contribution in [0.1, 0.15) is 19.5 Å². The van der Waals surface area contributed by atoms with Crippen LogP contribution in [0.25, 0.3) is 11.3 Å². The third kappa shape index (κ3) is 2.73. The Bertz CT molecular complexity index is 724. The summed E-state index contributed by atoms with van der Waals surface area (Å²) in [4.78, 5) is 7.93. The number of rotatable bonds is 5. The maximum atomic E-state index is 12.9. The van der Waals surface area contributed by atoms with E-state index in [1.807, 2.05) is 6.92 Å². The largest absolute Gasteiger partial charge is 0.389 e. The Morgan fingerprint density at radius 2 is 2.09 bits per heavy atom. The van der Waals surface area contributed by atoms with Crippen molar-refractivity contribution in [2.45, 2.75) is 25.6 Å². The smallest absolute Gasteiger partial charge is 0.170 e. The van der Waals surface area contributed by atoms with Gasteiger partial charge < -0.3 is 5.11 Å². The Balaban J connectivity index is 1.95. The van der Waals surface area contributed by atoms with Gasteiger partial charge in [-0.05, 0) is 18.6 Å². The number of halogens is 1. The molecule has 7 nitrogen and oxygen atoms in total. The Kier molecular flexibility index (Phi) is 3.92. The van der Waals surface area contributed by atoms with Gasteiger partial charge in [0.05, 0.1) is 24.2 Å². The standard InChI is InChI=1S/C14H15FN6O/c1-2-13(22)14(21-9-16-8-19-21)20-7-10(5-18-20)12-4-3-11(15)6-17-12/h3-9,13-14,22H,2H2,1H3. The normalized spacial score (nSPS) is 14.0. The van der Waals surface area contributed by atoms with Gasteiger partial charge in [0.25, 0.3) is 0 Å². The van der Waals surface area contributed by atoms with Crippen LogP contribution >= 0.6 is 0 Å². The van der Waals surface area contributed by atoms with Gasteiger partial charge in [-0.2, -0.15) is 10.2 Å². The summed E-state index contributed by atoms with van der Waals surface area (Å²) in [7, 11) is 0. The van der Waals surface area contributed by atoms with E-state index in [0.717, 1.165) is 11.8 Å². The van der Waals surface area contributed by atoms with Crippen molar-refractivity contribution >= 4 is 0 Å². The Labute approximate surface area is 126 Å². The van der Waals surface area contributed by atoms with Crippen molar-refractivity contribution in [2.75, 3.05) is 0 Å². The van der Waals surface area contributed by atoms with Gasteiger partial charge >= 0.3 is 0 Å². The first-order valence-electron chi connectivity index (χ1n) is 6.87. The van der Waals surface area contributed by atoms with Crippen LogP contribution in [0.5, 0.6) is 0 Å². The summed E-state index contributed by atoms with van der Waals surface area (Å²) in [6, 6.07) is 2.92. The molecule has 0 radical (unpaired) electrons. The van der Waals surface area contributed by atoms with E-state index in [1.54, 1.807) is 27.8 Å². The Hall–Kier alpha value is -2.61. The molecule has 3 aromatic heterocycles. The van der Waals surface area contributed by atoms with E-state index in [9.17, 15) is 9.50 Å². The second kappa shape index (κ2) is 6.02. The minimum absolute atomic E-state index is 0.391. The average molecular weight is 302 g/mol. The van der Waals surface area contributed by atoms with Gasteiger partial charge in [-0.25, -0.2) is 18.7 Å². The highest BCUT2D eigenvalue weighted by atomic mass is 19.1. The fraction of sp³-hybridized carbons (Fsp3) is 0.286. The maximum Gasteiger partial charge on any atom is 0.170 e. The highest BCUT2D eigenvalue weighted by Crippen LogP contribution is 2.21. The molecule has 0 saturated carbocycles. The second-order valence-electron chi connectivity index (χ2n) is 4.84. The molecule has 0 aromatic carbocycles. The summed E-state index contributed by atoms with van der Waals surface area (Å²) in [5.41, 5.74) is 1.34. The van der Waals surface area contributed by atoms with Crippen LogP contribution in [0.4, 0.5) is 4.39 Å². The topological polar surface area (TPSA) is 81.6 Å². The minimum atomic E-state index is -0.671. The molecule has 0 aliphatic rings. The lowest BCUT2D eigenvalue weighted by atomic mass is 10.2. The van der Waals surface area contributed by atoms with E-state index >= 15 is 0 Å². The molecular formula is C14H15FN6O. The lowest BCUT2D eigenvalue weighted by Crippen LogP contribution is -2.30. The highest BCUT2D eigenvalue weighted by molar-refractivity contribution is 5.56. The molecule has 0 saturated heterocycles. The molecule has 2 atom stereocenters. The molecule has 22 heavy (non-hydrogen) atoms. The third-order valence-corrected chi connectivity index (χ3v) is 3.37. The van der Waals surface area contributed by atoms with E-state index in [1.165, 1.54) is 18.7 Å². The van der Waals surface area contributed by atoms with Crippen molar-refractivity contribution < 1.29 is 9.50 Å². The van der Waals surface area contributed by atoms with Crippen LogP contribution in [0.15, 0.2) is 43.4 Å². The molecule has 2 unspecified atom stereocenters. The van der Waals surface area contributed by atoms with E-state index in [2.05, 4.69) is 20.2 Å². The second-order valence-corrected chi connectivity index (χ2v) is 4.84. The number of hydrogen-bond donors (Lipinski definition) is 1. The number of pyridine rings is 1. The van der Waals surface area contributed by atoms with E-state index in [0.29, 0.717) is 12.1 Å². The molecule has 3 aromatic rings. The van der Waals surface area contributed by atoms with Gasteiger partial charge in [0, 0.05) is 11.8 Å². The Morgan fingerprint density at radius 1 is 1.23 bits per heavy atom. The fourth-order valence-electron chi connectivity index (χ4n) is 2.20. The first-order valence-corrected chi connectivity index (χ1v) is 6.87. The van der Waals surface area contributed by atoms with Crippen LogP contribution < -0.4 is 0 Å². The molecule has 3 rings (SSSR count). The Morgan fingerprint density at radius 3 is 2.73 bits per heavy atom. The van der Waals surface area contributed by atoms with Gasteiger partial charge in [0.1, 0.15) is 18.5 Å². The van der Waals surface area contributed by atoms with Crippen LogP contribution in [0.2, 0.25) is 0 Å². The number of aromatic nitrogens is 6. The monoisotopic (exact) mass is 302 g/mol. The summed E-state index contributed by atoms with van der Waals surface area (Å²) in [6.45, 7) is 1.88. The van der Waals surface area contributed by atoms with Crippen LogP contribution in [-0.4, -0.2) is 40.7 Å². The molecule has 0 aliphatic heterocycles.